The van der Waals surface area contributed by atoms with Gasteiger partial charge in [-0.25, -0.2) is 0 Å². The summed E-state index contributed by atoms with van der Waals surface area (Å²) in [5, 5.41) is 3.03. The maximum atomic E-state index is 6.08. The van der Waals surface area contributed by atoms with Crippen LogP contribution >= 0.6 is 11.6 Å². The zero-order valence-corrected chi connectivity index (χ0v) is 20.7. The summed E-state index contributed by atoms with van der Waals surface area (Å²) in [6.45, 7) is 1.17. The molecule has 0 atom stereocenters. The predicted octanol–water partition coefficient (Wildman–Crippen LogP) is 5.93. The summed E-state index contributed by atoms with van der Waals surface area (Å²) in [6, 6.07) is 16.6. The van der Waals surface area contributed by atoms with Gasteiger partial charge in [-0.1, -0.05) is 23.7 Å². The van der Waals surface area contributed by atoms with Crippen molar-refractivity contribution in [2.75, 3.05) is 21.0 Å². The van der Waals surface area contributed by atoms with Gasteiger partial charge in [-0.15, -0.1) is 0 Å². The number of aromatic nitrogens is 1. The third kappa shape index (κ3) is 3.84. The van der Waals surface area contributed by atoms with Crippen LogP contribution in [0.5, 0.6) is 23.0 Å². The van der Waals surface area contributed by atoms with Gasteiger partial charge in [0.2, 0.25) is 12.5 Å². The number of fused-ring (bicyclic) bond motifs is 5. The lowest BCUT2D eigenvalue weighted by Gasteiger charge is -2.21. The normalized spacial score (nSPS) is 13.5. The summed E-state index contributed by atoms with van der Waals surface area (Å²) in [4.78, 5) is 0. The molecule has 5 nitrogen and oxygen atoms in total. The number of methoxy groups -OCH3 is 2. The number of hydrogen-bond acceptors (Lipinski definition) is 4. The minimum absolute atomic E-state index is 0.279. The van der Waals surface area contributed by atoms with Crippen LogP contribution in [0.1, 0.15) is 23.1 Å². The van der Waals surface area contributed by atoms with Gasteiger partial charge >= 0.3 is 0 Å². The average Bonchev–Trinajstić information content (AvgIpc) is 3.34. The molecule has 2 aliphatic rings. The highest BCUT2D eigenvalue weighted by Crippen LogP contribution is 2.43. The van der Waals surface area contributed by atoms with Crippen molar-refractivity contribution >= 4 is 22.4 Å². The Labute approximate surface area is 209 Å². The van der Waals surface area contributed by atoms with Gasteiger partial charge in [0.1, 0.15) is 0 Å². The second-order valence-electron chi connectivity index (χ2n) is 9.00. The lowest BCUT2D eigenvalue weighted by molar-refractivity contribution is -0.686. The van der Waals surface area contributed by atoms with Gasteiger partial charge in [0, 0.05) is 22.4 Å². The van der Waals surface area contributed by atoms with Crippen LogP contribution < -0.4 is 23.5 Å². The second kappa shape index (κ2) is 8.97. The zero-order chi connectivity index (χ0) is 23.9. The Bertz CT molecular complexity index is 1430. The number of aryl methyl sites for hydroxylation is 4. The Hall–Kier alpha value is -3.44. The molecular formula is C29H27ClNO4+. The van der Waals surface area contributed by atoms with Gasteiger partial charge in [-0.2, -0.15) is 4.57 Å². The molecule has 6 rings (SSSR count). The van der Waals surface area contributed by atoms with E-state index in [2.05, 4.69) is 41.1 Å². The highest BCUT2D eigenvalue weighted by atomic mass is 35.5. The number of benzene rings is 3. The summed E-state index contributed by atoms with van der Waals surface area (Å²) in [5.41, 5.74) is 6.38. The first-order chi connectivity index (χ1) is 17.2. The van der Waals surface area contributed by atoms with Crippen molar-refractivity contribution in [3.05, 3.63) is 76.4 Å². The van der Waals surface area contributed by atoms with Crippen LogP contribution in [0.25, 0.3) is 22.0 Å². The first-order valence-electron chi connectivity index (χ1n) is 11.9. The predicted molar refractivity (Wildman–Crippen MR) is 136 cm³/mol. The monoisotopic (exact) mass is 488 g/mol. The topological polar surface area (TPSA) is 40.8 Å². The molecule has 0 saturated heterocycles. The fourth-order valence-electron chi connectivity index (χ4n) is 5.38. The zero-order valence-electron chi connectivity index (χ0n) is 19.9. The first kappa shape index (κ1) is 22.1. The van der Waals surface area contributed by atoms with Gasteiger partial charge in [0.05, 0.1) is 25.2 Å². The van der Waals surface area contributed by atoms with Crippen LogP contribution in [0.3, 0.4) is 0 Å². The van der Waals surface area contributed by atoms with Crippen LogP contribution in [0.4, 0.5) is 0 Å². The highest BCUT2D eigenvalue weighted by molar-refractivity contribution is 6.30. The van der Waals surface area contributed by atoms with Crippen molar-refractivity contribution in [1.82, 2.24) is 0 Å². The van der Waals surface area contributed by atoms with Crippen LogP contribution in [0.15, 0.2) is 54.7 Å². The minimum atomic E-state index is 0.279. The van der Waals surface area contributed by atoms with Gasteiger partial charge < -0.3 is 18.9 Å². The molecule has 2 aliphatic heterocycles. The Balaban J connectivity index is 1.50. The summed E-state index contributed by atoms with van der Waals surface area (Å²) in [6.07, 6.45) is 6.07. The highest BCUT2D eigenvalue weighted by Gasteiger charge is 2.32. The van der Waals surface area contributed by atoms with Crippen LogP contribution in [-0.2, 0) is 25.8 Å². The van der Waals surface area contributed by atoms with Crippen molar-refractivity contribution < 1.29 is 23.5 Å². The molecule has 35 heavy (non-hydrogen) atoms. The maximum Gasteiger partial charge on any atom is 0.231 e. The molecule has 178 valence electrons. The number of hydrogen-bond donors (Lipinski definition) is 0. The molecule has 0 spiro atoms. The molecule has 0 amide bonds. The third-order valence-electron chi connectivity index (χ3n) is 7.05. The van der Waals surface area contributed by atoms with E-state index in [1.54, 1.807) is 14.2 Å². The smallest absolute Gasteiger partial charge is 0.231 e. The van der Waals surface area contributed by atoms with E-state index in [1.165, 1.54) is 33.3 Å². The summed E-state index contributed by atoms with van der Waals surface area (Å²) < 4.78 is 25.2. The molecule has 3 aromatic carbocycles. The van der Waals surface area contributed by atoms with E-state index in [9.17, 15) is 0 Å². The van der Waals surface area contributed by atoms with Crippen LogP contribution in [0.2, 0.25) is 5.02 Å². The molecule has 3 heterocycles. The first-order valence-corrected chi connectivity index (χ1v) is 12.3. The second-order valence-corrected chi connectivity index (χ2v) is 9.44. The lowest BCUT2D eigenvalue weighted by atomic mass is 9.89. The van der Waals surface area contributed by atoms with Crippen LogP contribution in [0, 0.1) is 0 Å². The maximum absolute atomic E-state index is 6.08. The molecule has 1 aromatic heterocycles. The summed E-state index contributed by atoms with van der Waals surface area (Å²) >= 11 is 6.08. The standard InChI is InChI=1S/C29H27ClNO4/c1-32-25-11-10-21-22(5-3-4-18-6-8-20(30)9-7-18)28-23-15-27-26(34-17-35-27)14-19(23)12-13-31(28)16-24(21)29(25)33-2/h6-11,14-16H,3-5,12-13,17H2,1-2H3/q+1. The molecule has 0 radical (unpaired) electrons. The molecule has 0 bridgehead atoms. The summed E-state index contributed by atoms with van der Waals surface area (Å²) in [7, 11) is 3.39. The van der Waals surface area contributed by atoms with Gasteiger partial charge in [0.15, 0.2) is 35.7 Å². The van der Waals surface area contributed by atoms with E-state index < -0.39 is 0 Å². The average molecular weight is 489 g/mol. The van der Waals surface area contributed by atoms with Crippen molar-refractivity contribution in [2.24, 2.45) is 0 Å². The molecule has 0 unspecified atom stereocenters. The number of rotatable bonds is 6. The molecule has 0 aliphatic carbocycles. The molecule has 0 fully saturated rings. The van der Waals surface area contributed by atoms with E-state index in [-0.39, 0.29) is 6.79 Å². The lowest BCUT2D eigenvalue weighted by Crippen LogP contribution is -2.41. The van der Waals surface area contributed by atoms with E-state index >= 15 is 0 Å². The number of pyridine rings is 1. The van der Waals surface area contributed by atoms with E-state index in [1.807, 2.05) is 18.2 Å². The number of ether oxygens (including phenoxy) is 4. The molecular weight excluding hydrogens is 462 g/mol. The largest absolute Gasteiger partial charge is 0.493 e. The Morgan fingerprint density at radius 3 is 2.49 bits per heavy atom. The van der Waals surface area contributed by atoms with Gasteiger partial charge in [-0.05, 0) is 66.8 Å². The number of nitrogens with zero attached hydrogens (tertiary/aromatic N) is 1. The van der Waals surface area contributed by atoms with Crippen LogP contribution in [-0.4, -0.2) is 21.0 Å². The minimum Gasteiger partial charge on any atom is -0.493 e. The van der Waals surface area contributed by atoms with Gasteiger partial charge in [-0.3, -0.25) is 0 Å². The summed E-state index contributed by atoms with van der Waals surface area (Å²) in [5.74, 6) is 3.17. The van der Waals surface area contributed by atoms with E-state index in [4.69, 9.17) is 30.5 Å². The SMILES string of the molecule is COc1ccc2c(CCCc3ccc(Cl)cc3)c3[n+](cc2c1OC)CCc1cc2c(cc1-3)OCO2. The Morgan fingerprint density at radius 1 is 0.914 bits per heavy atom. The molecule has 0 saturated carbocycles. The van der Waals surface area contributed by atoms with Crippen molar-refractivity contribution in [3.63, 3.8) is 0 Å². The quantitative estimate of drug-likeness (QED) is 0.316. The van der Waals surface area contributed by atoms with Crippen molar-refractivity contribution in [2.45, 2.75) is 32.2 Å². The third-order valence-corrected chi connectivity index (χ3v) is 7.30. The fraction of sp³-hybridized carbons (Fsp3) is 0.276. The van der Waals surface area contributed by atoms with E-state index in [0.29, 0.717) is 0 Å². The fourth-order valence-corrected chi connectivity index (χ4v) is 5.51. The Morgan fingerprint density at radius 2 is 1.71 bits per heavy atom. The van der Waals surface area contributed by atoms with Gasteiger partial charge in [0.25, 0.3) is 0 Å². The molecule has 4 aromatic rings. The molecule has 0 N–H and O–H groups in total. The Kier molecular flexibility index (Phi) is 5.65. The van der Waals surface area contributed by atoms with E-state index in [0.717, 1.165) is 65.6 Å². The molecule has 6 heteroatoms. The van der Waals surface area contributed by atoms with Crippen molar-refractivity contribution in [3.8, 4) is 34.3 Å². The van der Waals surface area contributed by atoms with Crippen molar-refractivity contribution in [1.29, 1.82) is 0 Å². The number of halogens is 1.